The SMILES string of the molecule is C=CCN(CC=C)S(=O)(=O)c1ccc(C(=O)N=c2sc3cc(C)c(C)cc3n2CCOC)cc1. The molecule has 1 aromatic heterocycles. The fourth-order valence-electron chi connectivity index (χ4n) is 3.43. The van der Waals surface area contributed by atoms with E-state index in [2.05, 4.69) is 44.1 Å². The molecule has 0 aliphatic rings. The Labute approximate surface area is 204 Å². The van der Waals surface area contributed by atoms with Crippen molar-refractivity contribution in [1.29, 1.82) is 0 Å². The summed E-state index contributed by atoms with van der Waals surface area (Å²) in [6, 6.07) is 10.0. The van der Waals surface area contributed by atoms with Crippen LogP contribution in [0.15, 0.2) is 71.6 Å². The molecule has 0 unspecified atom stereocenters. The minimum Gasteiger partial charge on any atom is -0.383 e. The van der Waals surface area contributed by atoms with E-state index in [4.69, 9.17) is 4.74 Å². The van der Waals surface area contributed by atoms with Crippen LogP contribution in [0.2, 0.25) is 0 Å². The quantitative estimate of drug-likeness (QED) is 0.394. The van der Waals surface area contributed by atoms with Gasteiger partial charge in [0.05, 0.1) is 21.7 Å². The molecule has 0 N–H and O–H groups in total. The molecule has 0 spiro atoms. The van der Waals surface area contributed by atoms with Gasteiger partial charge in [-0.05, 0) is 61.4 Å². The molecule has 3 rings (SSSR count). The van der Waals surface area contributed by atoms with E-state index in [0.717, 1.165) is 15.8 Å². The number of amides is 1. The van der Waals surface area contributed by atoms with Gasteiger partial charge in [0, 0.05) is 32.3 Å². The minimum absolute atomic E-state index is 0.0933. The predicted octanol–water partition coefficient (Wildman–Crippen LogP) is 4.07. The average Bonchev–Trinajstić information content (AvgIpc) is 3.13. The van der Waals surface area contributed by atoms with Gasteiger partial charge in [-0.15, -0.1) is 13.2 Å². The van der Waals surface area contributed by atoms with Crippen molar-refractivity contribution in [3.63, 3.8) is 0 Å². The van der Waals surface area contributed by atoms with Crippen LogP contribution in [0, 0.1) is 13.8 Å². The standard InChI is InChI=1S/C25H29N3O4S2/c1-6-12-27(13-7-2)34(30,31)21-10-8-20(9-11-21)24(29)26-25-28(14-15-32-5)22-16-18(3)19(4)17-23(22)33-25/h6-11,16-17H,1-2,12-15H2,3-5H3. The Bertz CT molecular complexity index is 1370. The lowest BCUT2D eigenvalue weighted by atomic mass is 10.1. The monoisotopic (exact) mass is 499 g/mol. The zero-order valence-electron chi connectivity index (χ0n) is 19.7. The molecular formula is C25H29N3O4S2. The summed E-state index contributed by atoms with van der Waals surface area (Å²) >= 11 is 1.44. The molecule has 2 aromatic carbocycles. The normalized spacial score (nSPS) is 12.4. The van der Waals surface area contributed by atoms with Crippen molar-refractivity contribution in [2.75, 3.05) is 26.8 Å². The highest BCUT2D eigenvalue weighted by Gasteiger charge is 2.22. The van der Waals surface area contributed by atoms with E-state index < -0.39 is 15.9 Å². The zero-order valence-corrected chi connectivity index (χ0v) is 21.3. The summed E-state index contributed by atoms with van der Waals surface area (Å²) in [5, 5.41) is 0. The number of aromatic nitrogens is 1. The Hall–Kier alpha value is -2.85. The fraction of sp³-hybridized carbons (Fsp3) is 0.280. The first-order valence-corrected chi connectivity index (χ1v) is 13.0. The van der Waals surface area contributed by atoms with Crippen molar-refractivity contribution < 1.29 is 17.9 Å². The summed E-state index contributed by atoms with van der Waals surface area (Å²) in [6.07, 6.45) is 3.04. The number of methoxy groups -OCH3 is 1. The predicted molar refractivity (Wildman–Crippen MR) is 137 cm³/mol. The Morgan fingerprint density at radius 1 is 1.12 bits per heavy atom. The number of hydrogen-bond donors (Lipinski definition) is 0. The van der Waals surface area contributed by atoms with Crippen molar-refractivity contribution in [2.45, 2.75) is 25.3 Å². The first-order chi connectivity index (χ1) is 16.2. The van der Waals surface area contributed by atoms with Crippen molar-refractivity contribution >= 4 is 37.5 Å². The van der Waals surface area contributed by atoms with Gasteiger partial charge in [-0.25, -0.2) is 8.42 Å². The number of aryl methyl sites for hydroxylation is 2. The van der Waals surface area contributed by atoms with Crippen molar-refractivity contribution in [3.8, 4) is 0 Å². The fourth-order valence-corrected chi connectivity index (χ4v) is 5.95. The molecule has 0 bridgehead atoms. The number of nitrogens with zero attached hydrogens (tertiary/aromatic N) is 3. The van der Waals surface area contributed by atoms with Gasteiger partial charge in [-0.1, -0.05) is 23.5 Å². The Kier molecular flexibility index (Phi) is 8.37. The smallest absolute Gasteiger partial charge is 0.279 e. The van der Waals surface area contributed by atoms with Gasteiger partial charge in [0.25, 0.3) is 5.91 Å². The number of carbonyl (C=O) groups excluding carboxylic acids is 1. The second kappa shape index (κ2) is 11.1. The number of sulfonamides is 1. The van der Waals surface area contributed by atoms with Crippen LogP contribution < -0.4 is 4.80 Å². The number of fused-ring (bicyclic) bond motifs is 1. The van der Waals surface area contributed by atoms with Crippen molar-refractivity contribution in [1.82, 2.24) is 8.87 Å². The zero-order chi connectivity index (χ0) is 24.9. The molecular weight excluding hydrogens is 470 g/mol. The van der Waals surface area contributed by atoms with E-state index in [1.165, 1.54) is 57.6 Å². The van der Waals surface area contributed by atoms with E-state index in [-0.39, 0.29) is 18.0 Å². The van der Waals surface area contributed by atoms with Gasteiger partial charge in [-0.2, -0.15) is 9.30 Å². The maximum atomic E-state index is 13.0. The maximum Gasteiger partial charge on any atom is 0.279 e. The number of carbonyl (C=O) groups is 1. The average molecular weight is 500 g/mol. The van der Waals surface area contributed by atoms with E-state index in [9.17, 15) is 13.2 Å². The molecule has 0 saturated heterocycles. The summed E-state index contributed by atoms with van der Waals surface area (Å²) in [5.74, 6) is -0.441. The molecule has 0 radical (unpaired) electrons. The van der Waals surface area contributed by atoms with Gasteiger partial charge in [-0.3, -0.25) is 4.79 Å². The van der Waals surface area contributed by atoms with Gasteiger partial charge in [0.2, 0.25) is 10.0 Å². The molecule has 34 heavy (non-hydrogen) atoms. The second-order valence-corrected chi connectivity index (χ2v) is 10.7. The summed E-state index contributed by atoms with van der Waals surface area (Å²) < 4.78 is 35.3. The summed E-state index contributed by atoms with van der Waals surface area (Å²) in [4.78, 5) is 18.0. The topological polar surface area (TPSA) is 81.0 Å². The van der Waals surface area contributed by atoms with Crippen LogP contribution in [-0.2, 0) is 21.3 Å². The molecule has 0 fully saturated rings. The molecule has 3 aromatic rings. The highest BCUT2D eigenvalue weighted by molar-refractivity contribution is 7.89. The van der Waals surface area contributed by atoms with Crippen LogP contribution in [-0.4, -0.2) is 50.0 Å². The largest absolute Gasteiger partial charge is 0.383 e. The molecule has 180 valence electrons. The van der Waals surface area contributed by atoms with Crippen LogP contribution in [0.3, 0.4) is 0 Å². The van der Waals surface area contributed by atoms with Gasteiger partial charge in [0.1, 0.15) is 0 Å². The molecule has 1 heterocycles. The van der Waals surface area contributed by atoms with Crippen LogP contribution in [0.4, 0.5) is 0 Å². The number of hydrogen-bond acceptors (Lipinski definition) is 5. The maximum absolute atomic E-state index is 13.0. The van der Waals surface area contributed by atoms with Crippen LogP contribution in [0.1, 0.15) is 21.5 Å². The van der Waals surface area contributed by atoms with Crippen LogP contribution >= 0.6 is 11.3 Å². The Morgan fingerprint density at radius 2 is 1.74 bits per heavy atom. The van der Waals surface area contributed by atoms with Crippen LogP contribution in [0.25, 0.3) is 10.2 Å². The Balaban J connectivity index is 1.98. The van der Waals surface area contributed by atoms with Crippen molar-refractivity contribution in [3.05, 3.63) is 83.2 Å². The second-order valence-electron chi connectivity index (χ2n) is 7.77. The molecule has 0 aliphatic heterocycles. The Morgan fingerprint density at radius 3 is 2.32 bits per heavy atom. The van der Waals surface area contributed by atoms with Gasteiger partial charge < -0.3 is 9.30 Å². The number of thiazole rings is 1. The number of ether oxygens (including phenoxy) is 1. The highest BCUT2D eigenvalue weighted by Crippen LogP contribution is 2.22. The summed E-state index contributed by atoms with van der Waals surface area (Å²) in [7, 11) is -2.10. The van der Waals surface area contributed by atoms with Crippen molar-refractivity contribution in [2.24, 2.45) is 4.99 Å². The van der Waals surface area contributed by atoms with Gasteiger partial charge >= 0.3 is 0 Å². The lowest BCUT2D eigenvalue weighted by molar-refractivity contribution is 0.0997. The van der Waals surface area contributed by atoms with Crippen LogP contribution in [0.5, 0.6) is 0 Å². The van der Waals surface area contributed by atoms with E-state index in [0.29, 0.717) is 23.5 Å². The van der Waals surface area contributed by atoms with Gasteiger partial charge in [0.15, 0.2) is 4.80 Å². The van der Waals surface area contributed by atoms with E-state index in [1.54, 1.807) is 7.11 Å². The van der Waals surface area contributed by atoms with E-state index in [1.807, 2.05) is 4.57 Å². The van der Waals surface area contributed by atoms with E-state index >= 15 is 0 Å². The summed E-state index contributed by atoms with van der Waals surface area (Å²) in [5.41, 5.74) is 3.64. The minimum atomic E-state index is -3.74. The highest BCUT2D eigenvalue weighted by atomic mass is 32.2. The first kappa shape index (κ1) is 25.8. The number of rotatable bonds is 10. The third-order valence-corrected chi connectivity index (χ3v) is 8.31. The third-order valence-electron chi connectivity index (χ3n) is 5.42. The lowest BCUT2D eigenvalue weighted by Crippen LogP contribution is -2.31. The first-order valence-electron chi connectivity index (χ1n) is 10.7. The summed E-state index contributed by atoms with van der Waals surface area (Å²) in [6.45, 7) is 12.7. The molecule has 9 heteroatoms. The lowest BCUT2D eigenvalue weighted by Gasteiger charge is -2.19. The number of benzene rings is 2. The molecule has 7 nitrogen and oxygen atoms in total. The molecule has 0 saturated carbocycles. The molecule has 0 aliphatic carbocycles. The third kappa shape index (κ3) is 5.44. The molecule has 0 atom stereocenters. The molecule has 1 amide bonds.